The Labute approximate surface area is 134 Å². The van der Waals surface area contributed by atoms with Crippen molar-refractivity contribution in [3.05, 3.63) is 36.5 Å². The van der Waals surface area contributed by atoms with Crippen molar-refractivity contribution in [2.75, 3.05) is 0 Å². The molecule has 0 aromatic rings. The third-order valence-corrected chi connectivity index (χ3v) is 3.23. The highest BCUT2D eigenvalue weighted by molar-refractivity contribution is 5.66. The zero-order chi connectivity index (χ0) is 16.5. The van der Waals surface area contributed by atoms with Crippen LogP contribution < -0.4 is 0 Å². The third-order valence-electron chi connectivity index (χ3n) is 3.23. The van der Waals surface area contributed by atoms with Gasteiger partial charge < -0.3 is 5.11 Å². The lowest BCUT2D eigenvalue weighted by Gasteiger charge is -2.08. The standard InChI is InChI=1S/C18H30O4/c1-2-3-4-5-6-7-8-11-14-17(22-21)15-12-9-10-13-16-18(19)20/h3-4,6-7,11,14,17,21H,2,5,8-10,12-13,15-16H2,1H3,(H,19,20)/b4-3-,7-6-,14-11-/t17-/m0/s1. The van der Waals surface area contributed by atoms with Gasteiger partial charge in [-0.25, -0.2) is 4.89 Å². The van der Waals surface area contributed by atoms with E-state index in [0.29, 0.717) is 6.42 Å². The molecule has 0 aliphatic rings. The van der Waals surface area contributed by atoms with E-state index < -0.39 is 5.97 Å². The van der Waals surface area contributed by atoms with Crippen molar-refractivity contribution in [3.8, 4) is 0 Å². The normalized spacial score (nSPS) is 13.5. The van der Waals surface area contributed by atoms with Crippen molar-refractivity contribution in [2.24, 2.45) is 0 Å². The monoisotopic (exact) mass is 310 g/mol. The molecule has 0 spiro atoms. The fourth-order valence-corrected chi connectivity index (χ4v) is 2.00. The van der Waals surface area contributed by atoms with Crippen LogP contribution in [0.2, 0.25) is 0 Å². The molecule has 0 bridgehead atoms. The summed E-state index contributed by atoms with van der Waals surface area (Å²) in [6.07, 6.45) is 19.5. The highest BCUT2D eigenvalue weighted by Gasteiger charge is 2.04. The Hall–Kier alpha value is -1.39. The molecule has 0 saturated carbocycles. The first-order valence-corrected chi connectivity index (χ1v) is 8.19. The van der Waals surface area contributed by atoms with Crippen molar-refractivity contribution in [1.29, 1.82) is 0 Å². The number of hydrogen-bond acceptors (Lipinski definition) is 3. The molecule has 1 atom stereocenters. The Balaban J connectivity index is 3.66. The van der Waals surface area contributed by atoms with Gasteiger partial charge in [-0.05, 0) is 32.1 Å². The molecule has 0 unspecified atom stereocenters. The summed E-state index contributed by atoms with van der Waals surface area (Å²) >= 11 is 0. The summed E-state index contributed by atoms with van der Waals surface area (Å²) in [5.74, 6) is -0.738. The summed E-state index contributed by atoms with van der Waals surface area (Å²) < 4.78 is 0. The molecule has 4 nitrogen and oxygen atoms in total. The quantitative estimate of drug-likeness (QED) is 0.202. The second-order valence-electron chi connectivity index (χ2n) is 5.24. The fraction of sp³-hybridized carbons (Fsp3) is 0.611. The minimum Gasteiger partial charge on any atom is -0.481 e. The largest absolute Gasteiger partial charge is 0.481 e. The van der Waals surface area contributed by atoms with E-state index in [1.165, 1.54) is 0 Å². The first kappa shape index (κ1) is 20.6. The molecular weight excluding hydrogens is 280 g/mol. The number of allylic oxidation sites excluding steroid dienone is 5. The molecule has 0 fully saturated rings. The van der Waals surface area contributed by atoms with Crippen LogP contribution in [0.4, 0.5) is 0 Å². The number of hydrogen-bond donors (Lipinski definition) is 2. The van der Waals surface area contributed by atoms with Gasteiger partial charge in [0.25, 0.3) is 0 Å². The minimum atomic E-state index is -0.738. The summed E-state index contributed by atoms with van der Waals surface area (Å²) in [4.78, 5) is 14.8. The molecule has 126 valence electrons. The number of carboxylic acids is 1. The molecule has 0 aromatic carbocycles. The van der Waals surface area contributed by atoms with Crippen LogP contribution in [0, 0.1) is 0 Å². The second kappa shape index (κ2) is 16.0. The van der Waals surface area contributed by atoms with E-state index in [9.17, 15) is 4.79 Å². The number of aliphatic carboxylic acids is 1. The summed E-state index contributed by atoms with van der Waals surface area (Å²) in [5, 5.41) is 17.4. The van der Waals surface area contributed by atoms with Crippen LogP contribution in [-0.4, -0.2) is 22.4 Å². The van der Waals surface area contributed by atoms with Gasteiger partial charge >= 0.3 is 5.97 Å². The second-order valence-corrected chi connectivity index (χ2v) is 5.24. The smallest absolute Gasteiger partial charge is 0.303 e. The maximum Gasteiger partial charge on any atom is 0.303 e. The third kappa shape index (κ3) is 15.0. The number of unbranched alkanes of at least 4 members (excludes halogenated alkanes) is 3. The summed E-state index contributed by atoms with van der Waals surface area (Å²) in [6, 6.07) is 0. The predicted octanol–water partition coefficient (Wildman–Crippen LogP) is 5.13. The van der Waals surface area contributed by atoms with Crippen molar-refractivity contribution in [1.82, 2.24) is 0 Å². The Morgan fingerprint density at radius 2 is 1.64 bits per heavy atom. The molecule has 0 heterocycles. The molecule has 0 rings (SSSR count). The van der Waals surface area contributed by atoms with Crippen LogP contribution in [0.3, 0.4) is 0 Å². The Bertz CT molecular complexity index is 345. The number of carboxylic acid groups (broad SMARTS) is 1. The number of carbonyl (C=O) groups is 1. The maximum atomic E-state index is 10.4. The molecule has 0 amide bonds. The Morgan fingerprint density at radius 3 is 2.27 bits per heavy atom. The van der Waals surface area contributed by atoms with Crippen molar-refractivity contribution < 1.29 is 20.0 Å². The van der Waals surface area contributed by atoms with Gasteiger partial charge in [0, 0.05) is 6.42 Å². The van der Waals surface area contributed by atoms with E-state index >= 15 is 0 Å². The van der Waals surface area contributed by atoms with Crippen molar-refractivity contribution in [2.45, 2.75) is 70.8 Å². The predicted molar refractivity (Wildman–Crippen MR) is 89.8 cm³/mol. The van der Waals surface area contributed by atoms with Crippen LogP contribution in [0.15, 0.2) is 36.5 Å². The molecule has 0 aromatic heterocycles. The topological polar surface area (TPSA) is 66.8 Å². The van der Waals surface area contributed by atoms with Crippen LogP contribution in [0.25, 0.3) is 0 Å². The van der Waals surface area contributed by atoms with E-state index in [1.54, 1.807) is 0 Å². The van der Waals surface area contributed by atoms with E-state index in [0.717, 1.165) is 44.9 Å². The zero-order valence-electron chi connectivity index (χ0n) is 13.6. The van der Waals surface area contributed by atoms with E-state index in [-0.39, 0.29) is 12.5 Å². The summed E-state index contributed by atoms with van der Waals surface area (Å²) in [5.41, 5.74) is 0. The molecular formula is C18H30O4. The average molecular weight is 310 g/mol. The summed E-state index contributed by atoms with van der Waals surface area (Å²) in [7, 11) is 0. The van der Waals surface area contributed by atoms with Gasteiger partial charge in [-0.2, -0.15) is 0 Å². The lowest BCUT2D eigenvalue weighted by Crippen LogP contribution is -2.06. The molecule has 0 radical (unpaired) electrons. The molecule has 2 N–H and O–H groups in total. The first-order chi connectivity index (χ1) is 10.7. The maximum absolute atomic E-state index is 10.4. The fourth-order valence-electron chi connectivity index (χ4n) is 2.00. The van der Waals surface area contributed by atoms with Crippen molar-refractivity contribution >= 4 is 5.97 Å². The average Bonchev–Trinajstić information content (AvgIpc) is 2.50. The Kier molecular flexibility index (Phi) is 15.0. The highest BCUT2D eigenvalue weighted by atomic mass is 17.1. The molecule has 0 aliphatic carbocycles. The van der Waals surface area contributed by atoms with E-state index in [2.05, 4.69) is 36.1 Å². The Morgan fingerprint density at radius 1 is 1.00 bits per heavy atom. The SMILES string of the molecule is CC/C=C\C/C=C\C/C=C\[C@@H](CCCCCCC(=O)O)OO. The van der Waals surface area contributed by atoms with Crippen LogP contribution >= 0.6 is 0 Å². The van der Waals surface area contributed by atoms with Crippen LogP contribution in [0.5, 0.6) is 0 Å². The van der Waals surface area contributed by atoms with Gasteiger partial charge in [0.15, 0.2) is 0 Å². The van der Waals surface area contributed by atoms with Crippen molar-refractivity contribution in [3.63, 3.8) is 0 Å². The van der Waals surface area contributed by atoms with Gasteiger partial charge in [0.05, 0.1) is 0 Å². The van der Waals surface area contributed by atoms with Gasteiger partial charge in [0.2, 0.25) is 0 Å². The van der Waals surface area contributed by atoms with E-state index in [1.807, 2.05) is 12.2 Å². The molecule has 0 aliphatic heterocycles. The lowest BCUT2D eigenvalue weighted by atomic mass is 10.1. The molecule has 4 heteroatoms. The number of rotatable bonds is 14. The first-order valence-electron chi connectivity index (χ1n) is 8.19. The lowest BCUT2D eigenvalue weighted by molar-refractivity contribution is -0.267. The highest BCUT2D eigenvalue weighted by Crippen LogP contribution is 2.10. The minimum absolute atomic E-state index is 0.236. The van der Waals surface area contributed by atoms with Gasteiger partial charge in [-0.1, -0.05) is 62.6 Å². The van der Waals surface area contributed by atoms with Crippen LogP contribution in [-0.2, 0) is 9.68 Å². The zero-order valence-corrected chi connectivity index (χ0v) is 13.6. The van der Waals surface area contributed by atoms with Gasteiger partial charge in [0.1, 0.15) is 6.10 Å². The molecule has 22 heavy (non-hydrogen) atoms. The van der Waals surface area contributed by atoms with E-state index in [4.69, 9.17) is 10.4 Å². The summed E-state index contributed by atoms with van der Waals surface area (Å²) in [6.45, 7) is 2.12. The van der Waals surface area contributed by atoms with Crippen LogP contribution in [0.1, 0.15) is 64.7 Å². The van der Waals surface area contributed by atoms with Gasteiger partial charge in [-0.3, -0.25) is 10.1 Å². The van der Waals surface area contributed by atoms with Gasteiger partial charge in [-0.15, -0.1) is 0 Å². The molecule has 0 saturated heterocycles.